The summed E-state index contributed by atoms with van der Waals surface area (Å²) in [7, 11) is -3.56. The first kappa shape index (κ1) is 20.2. The van der Waals surface area contributed by atoms with Crippen molar-refractivity contribution in [2.45, 2.75) is 37.0 Å². The molecule has 1 N–H and O–H groups in total. The summed E-state index contributed by atoms with van der Waals surface area (Å²) >= 11 is 0. The lowest BCUT2D eigenvalue weighted by molar-refractivity contribution is 0.0955. The predicted octanol–water partition coefficient (Wildman–Crippen LogP) is 3.21. The number of sulfonamides is 1. The zero-order valence-electron chi connectivity index (χ0n) is 15.8. The van der Waals surface area contributed by atoms with Gasteiger partial charge in [0.15, 0.2) is 0 Å². The van der Waals surface area contributed by atoms with Crippen molar-refractivity contribution in [3.8, 4) is 0 Å². The number of hydrazone groups is 1. The quantitative estimate of drug-likeness (QED) is 0.574. The SMILES string of the molecule is O=C(N/N=C\CCc1ccccc1)c1cccc(S(=O)(=O)N2CCCCC2)c1. The molecule has 28 heavy (non-hydrogen) atoms. The van der Waals surface area contributed by atoms with Gasteiger partial charge >= 0.3 is 0 Å². The number of nitrogens with one attached hydrogen (secondary N) is 1. The van der Waals surface area contributed by atoms with E-state index in [1.54, 1.807) is 18.3 Å². The van der Waals surface area contributed by atoms with Gasteiger partial charge in [-0.25, -0.2) is 13.8 Å². The molecule has 1 amide bonds. The number of aryl methyl sites for hydroxylation is 1. The second-order valence-corrected chi connectivity index (χ2v) is 8.71. The van der Waals surface area contributed by atoms with Crippen molar-refractivity contribution >= 4 is 22.1 Å². The van der Waals surface area contributed by atoms with Crippen molar-refractivity contribution < 1.29 is 13.2 Å². The van der Waals surface area contributed by atoms with Gasteiger partial charge in [-0.2, -0.15) is 9.41 Å². The summed E-state index contributed by atoms with van der Waals surface area (Å²) in [6.45, 7) is 1.06. The molecule has 2 aromatic carbocycles. The molecule has 3 rings (SSSR count). The molecule has 0 saturated carbocycles. The molecule has 0 unspecified atom stereocenters. The fourth-order valence-corrected chi connectivity index (χ4v) is 4.72. The molecule has 0 atom stereocenters. The highest BCUT2D eigenvalue weighted by molar-refractivity contribution is 7.89. The molecule has 0 aliphatic carbocycles. The molecule has 1 heterocycles. The normalized spacial score (nSPS) is 15.6. The fourth-order valence-electron chi connectivity index (χ4n) is 3.16. The fraction of sp³-hybridized carbons (Fsp3) is 0.333. The van der Waals surface area contributed by atoms with Gasteiger partial charge in [-0.1, -0.05) is 42.8 Å². The van der Waals surface area contributed by atoms with E-state index in [1.807, 2.05) is 30.3 Å². The van der Waals surface area contributed by atoms with Gasteiger partial charge in [-0.3, -0.25) is 4.79 Å². The Morgan fingerprint density at radius 1 is 1.04 bits per heavy atom. The van der Waals surface area contributed by atoms with Crippen LogP contribution in [0.15, 0.2) is 64.6 Å². The summed E-state index contributed by atoms with van der Waals surface area (Å²) in [6.07, 6.45) is 5.99. The van der Waals surface area contributed by atoms with Crippen molar-refractivity contribution in [3.05, 3.63) is 65.7 Å². The maximum atomic E-state index is 12.8. The third-order valence-corrected chi connectivity index (χ3v) is 6.61. The van der Waals surface area contributed by atoms with Crippen LogP contribution in [0.5, 0.6) is 0 Å². The smallest absolute Gasteiger partial charge is 0.267 e. The molecule has 1 fully saturated rings. The summed E-state index contributed by atoms with van der Waals surface area (Å²) in [5.74, 6) is -0.424. The summed E-state index contributed by atoms with van der Waals surface area (Å²) in [5, 5.41) is 3.96. The summed E-state index contributed by atoms with van der Waals surface area (Å²) in [5.41, 5.74) is 3.95. The standard InChI is InChI=1S/C21H25N3O3S/c25-21(23-22-14-8-11-18-9-3-1-4-10-18)19-12-7-13-20(17-19)28(26,27)24-15-5-2-6-16-24/h1,3-4,7,9-10,12-14,17H,2,5-6,8,11,15-16H2,(H,23,25)/b22-14-. The van der Waals surface area contributed by atoms with E-state index in [2.05, 4.69) is 10.5 Å². The van der Waals surface area contributed by atoms with Gasteiger partial charge in [0.25, 0.3) is 5.91 Å². The molecule has 1 aliphatic rings. The second kappa shape index (κ2) is 9.61. The third kappa shape index (κ3) is 5.27. The van der Waals surface area contributed by atoms with Crippen molar-refractivity contribution in [2.75, 3.05) is 13.1 Å². The molecule has 6 nitrogen and oxygen atoms in total. The average molecular weight is 400 g/mol. The minimum atomic E-state index is -3.56. The van der Waals surface area contributed by atoms with Gasteiger partial charge in [0.1, 0.15) is 0 Å². The van der Waals surface area contributed by atoms with E-state index in [0.717, 1.165) is 25.7 Å². The van der Waals surface area contributed by atoms with E-state index in [1.165, 1.54) is 22.0 Å². The van der Waals surface area contributed by atoms with Crippen LogP contribution in [-0.2, 0) is 16.4 Å². The number of rotatable bonds is 7. The van der Waals surface area contributed by atoms with Crippen molar-refractivity contribution in [1.82, 2.24) is 9.73 Å². The Kier molecular flexibility index (Phi) is 6.95. The molecule has 0 bridgehead atoms. The molecule has 2 aromatic rings. The number of nitrogens with zero attached hydrogens (tertiary/aromatic N) is 2. The summed E-state index contributed by atoms with van der Waals surface area (Å²) < 4.78 is 27.0. The van der Waals surface area contributed by atoms with Gasteiger partial charge in [0.05, 0.1) is 4.90 Å². The van der Waals surface area contributed by atoms with Crippen molar-refractivity contribution in [2.24, 2.45) is 5.10 Å². The van der Waals surface area contributed by atoms with Crippen LogP contribution < -0.4 is 5.43 Å². The molecule has 148 valence electrons. The van der Waals surface area contributed by atoms with Crippen LogP contribution in [-0.4, -0.2) is 37.9 Å². The molecule has 7 heteroatoms. The Morgan fingerprint density at radius 3 is 2.54 bits per heavy atom. The Balaban J connectivity index is 1.58. The number of amides is 1. The summed E-state index contributed by atoms with van der Waals surface area (Å²) in [4.78, 5) is 12.4. The lowest BCUT2D eigenvalue weighted by atomic mass is 10.1. The molecular formula is C21H25N3O3S. The van der Waals surface area contributed by atoms with Crippen molar-refractivity contribution in [1.29, 1.82) is 0 Å². The molecule has 1 saturated heterocycles. The zero-order valence-corrected chi connectivity index (χ0v) is 16.6. The Labute approximate surface area is 166 Å². The highest BCUT2D eigenvalue weighted by atomic mass is 32.2. The highest BCUT2D eigenvalue weighted by Gasteiger charge is 2.26. The van der Waals surface area contributed by atoms with Crippen molar-refractivity contribution in [3.63, 3.8) is 0 Å². The van der Waals surface area contributed by atoms with E-state index >= 15 is 0 Å². The second-order valence-electron chi connectivity index (χ2n) is 6.77. The zero-order chi connectivity index (χ0) is 19.8. The Hall–Kier alpha value is -2.51. The van der Waals surface area contributed by atoms with Gasteiger partial charge in [0.2, 0.25) is 10.0 Å². The lowest BCUT2D eigenvalue weighted by Crippen LogP contribution is -2.35. The number of carbonyl (C=O) groups is 1. The van der Waals surface area contributed by atoms with E-state index in [0.29, 0.717) is 19.5 Å². The predicted molar refractivity (Wildman–Crippen MR) is 110 cm³/mol. The number of carbonyl (C=O) groups excluding carboxylic acids is 1. The maximum absolute atomic E-state index is 12.8. The first-order valence-corrected chi connectivity index (χ1v) is 11.0. The molecule has 0 radical (unpaired) electrons. The van der Waals surface area contributed by atoms with Gasteiger partial charge in [0, 0.05) is 24.9 Å². The van der Waals surface area contributed by atoms with E-state index in [-0.39, 0.29) is 10.5 Å². The van der Waals surface area contributed by atoms with Crippen LogP contribution in [0.1, 0.15) is 41.6 Å². The third-order valence-electron chi connectivity index (χ3n) is 4.71. The Morgan fingerprint density at radius 2 is 1.79 bits per heavy atom. The first-order chi connectivity index (χ1) is 13.6. The number of piperidine rings is 1. The van der Waals surface area contributed by atoms with Crippen LogP contribution in [0.4, 0.5) is 0 Å². The van der Waals surface area contributed by atoms with Crippen LogP contribution >= 0.6 is 0 Å². The van der Waals surface area contributed by atoms with Crippen LogP contribution in [0, 0.1) is 0 Å². The van der Waals surface area contributed by atoms with Crippen LogP contribution in [0.3, 0.4) is 0 Å². The van der Waals surface area contributed by atoms with Crippen LogP contribution in [0.2, 0.25) is 0 Å². The first-order valence-electron chi connectivity index (χ1n) is 9.53. The number of hydrogen-bond acceptors (Lipinski definition) is 4. The largest absolute Gasteiger partial charge is 0.271 e. The monoisotopic (exact) mass is 399 g/mol. The molecule has 0 aromatic heterocycles. The number of benzene rings is 2. The highest BCUT2D eigenvalue weighted by Crippen LogP contribution is 2.21. The summed E-state index contributed by atoms with van der Waals surface area (Å²) in [6, 6.07) is 16.1. The van der Waals surface area contributed by atoms with E-state index in [9.17, 15) is 13.2 Å². The minimum absolute atomic E-state index is 0.148. The van der Waals surface area contributed by atoms with Gasteiger partial charge in [-0.15, -0.1) is 0 Å². The topological polar surface area (TPSA) is 78.8 Å². The minimum Gasteiger partial charge on any atom is -0.267 e. The van der Waals surface area contributed by atoms with Gasteiger partial charge < -0.3 is 0 Å². The van der Waals surface area contributed by atoms with E-state index in [4.69, 9.17) is 0 Å². The number of hydrogen-bond donors (Lipinski definition) is 1. The van der Waals surface area contributed by atoms with Gasteiger partial charge in [-0.05, 0) is 49.4 Å². The van der Waals surface area contributed by atoms with E-state index < -0.39 is 15.9 Å². The lowest BCUT2D eigenvalue weighted by Gasteiger charge is -2.25. The molecule has 1 aliphatic heterocycles. The van der Waals surface area contributed by atoms with Crippen LogP contribution in [0.25, 0.3) is 0 Å². The Bertz CT molecular complexity index is 921. The average Bonchev–Trinajstić information content (AvgIpc) is 2.75. The molecule has 0 spiro atoms. The maximum Gasteiger partial charge on any atom is 0.271 e. The molecular weight excluding hydrogens is 374 g/mol.